The molecule has 6 heteroatoms. The fourth-order valence-corrected chi connectivity index (χ4v) is 5.98. The molecule has 166 valence electrons. The van der Waals surface area contributed by atoms with Crippen LogP contribution in [0.1, 0.15) is 77.0 Å². The van der Waals surface area contributed by atoms with E-state index in [1.807, 2.05) is 24.3 Å². The number of nitrogens with one attached hydrogen (secondary N) is 1. The molecular weight excluding hydrogens is 400 g/mol. The zero-order valence-electron chi connectivity index (χ0n) is 19.4. The minimum atomic E-state index is -1.89. The van der Waals surface area contributed by atoms with E-state index in [9.17, 15) is 15.8 Å². The fourth-order valence-electron chi connectivity index (χ4n) is 5.98. The van der Waals surface area contributed by atoms with Crippen molar-refractivity contribution in [1.29, 1.82) is 21.2 Å². The van der Waals surface area contributed by atoms with E-state index >= 15 is 0 Å². The van der Waals surface area contributed by atoms with Crippen LogP contribution in [0.2, 0.25) is 0 Å². The highest BCUT2D eigenvalue weighted by molar-refractivity contribution is 5.89. The van der Waals surface area contributed by atoms with E-state index in [-0.39, 0.29) is 17.2 Å². The number of hydrogen-bond donors (Lipinski definition) is 1. The van der Waals surface area contributed by atoms with Crippen molar-refractivity contribution < 1.29 is 9.47 Å². The van der Waals surface area contributed by atoms with Crippen LogP contribution in [0.15, 0.2) is 24.3 Å². The van der Waals surface area contributed by atoms with Gasteiger partial charge in [0.2, 0.25) is 17.1 Å². The van der Waals surface area contributed by atoms with Gasteiger partial charge in [-0.2, -0.15) is 15.8 Å². The minimum Gasteiger partial charge on any atom is -0.447 e. The summed E-state index contributed by atoms with van der Waals surface area (Å²) >= 11 is 0. The van der Waals surface area contributed by atoms with Crippen molar-refractivity contribution in [2.45, 2.75) is 71.7 Å². The number of ether oxygens (including phenoxy) is 2. The smallest absolute Gasteiger partial charge is 0.217 e. The molecule has 5 atom stereocenters. The zero-order chi connectivity index (χ0) is 23.5. The van der Waals surface area contributed by atoms with Gasteiger partial charge in [-0.25, -0.2) is 0 Å². The Morgan fingerprint density at radius 3 is 2.19 bits per heavy atom. The van der Waals surface area contributed by atoms with Gasteiger partial charge in [-0.3, -0.25) is 5.41 Å². The van der Waals surface area contributed by atoms with Gasteiger partial charge in [0.1, 0.15) is 6.10 Å². The zero-order valence-corrected chi connectivity index (χ0v) is 19.4. The molecule has 1 N–H and O–H groups in total. The molecule has 5 unspecified atom stereocenters. The number of rotatable bonds is 2. The monoisotopic (exact) mass is 430 g/mol. The molecule has 6 nitrogen and oxygen atoms in total. The third-order valence-electron chi connectivity index (χ3n) is 8.04. The molecule has 3 aliphatic rings. The van der Waals surface area contributed by atoms with Crippen molar-refractivity contribution in [1.82, 2.24) is 0 Å². The van der Waals surface area contributed by atoms with Gasteiger partial charge in [-0.15, -0.1) is 0 Å². The van der Waals surface area contributed by atoms with Crippen LogP contribution < -0.4 is 0 Å². The highest BCUT2D eigenvalue weighted by Crippen LogP contribution is 2.70. The second-order valence-electron chi connectivity index (χ2n) is 10.9. The van der Waals surface area contributed by atoms with Gasteiger partial charge in [0.05, 0.1) is 24.1 Å². The summed E-state index contributed by atoms with van der Waals surface area (Å²) in [6.07, 6.45) is 0.950. The van der Waals surface area contributed by atoms with E-state index in [4.69, 9.17) is 14.9 Å². The van der Waals surface area contributed by atoms with Crippen LogP contribution in [0.3, 0.4) is 0 Å². The highest BCUT2D eigenvalue weighted by Gasteiger charge is 2.81. The van der Waals surface area contributed by atoms with Gasteiger partial charge in [-0.1, -0.05) is 58.9 Å². The highest BCUT2D eigenvalue weighted by atomic mass is 16.7. The molecular formula is C26H30N4O2. The molecule has 1 aromatic rings. The van der Waals surface area contributed by atoms with Crippen LogP contribution in [0.5, 0.6) is 0 Å². The lowest BCUT2D eigenvalue weighted by Crippen LogP contribution is -2.61. The van der Waals surface area contributed by atoms with Gasteiger partial charge in [-0.05, 0) is 41.2 Å². The van der Waals surface area contributed by atoms with Crippen molar-refractivity contribution in [2.24, 2.45) is 28.1 Å². The van der Waals surface area contributed by atoms with E-state index < -0.39 is 28.6 Å². The third-order valence-corrected chi connectivity index (χ3v) is 8.04. The van der Waals surface area contributed by atoms with Crippen LogP contribution in [0.4, 0.5) is 0 Å². The average molecular weight is 431 g/mol. The number of benzene rings is 1. The Bertz CT molecular complexity index is 1050. The van der Waals surface area contributed by atoms with Crippen LogP contribution in [-0.2, 0) is 9.47 Å². The SMILES string of the molecule is CC(C)c1ccc(C2OC34CCC(C(C)(C)C)CC3C(C#N)(C(=N)O4)C2(C#N)C#N)cc1. The molecule has 3 fully saturated rings. The summed E-state index contributed by atoms with van der Waals surface area (Å²) in [5, 5.41) is 40.0. The summed E-state index contributed by atoms with van der Waals surface area (Å²) in [7, 11) is 0. The van der Waals surface area contributed by atoms with Gasteiger partial charge in [0.15, 0.2) is 5.41 Å². The molecule has 4 rings (SSSR count). The second-order valence-corrected chi connectivity index (χ2v) is 10.9. The Balaban J connectivity index is 1.90. The lowest BCUT2D eigenvalue weighted by atomic mass is 9.49. The maximum absolute atomic E-state index is 10.5. The fraction of sp³-hybridized carbons (Fsp3) is 0.615. The van der Waals surface area contributed by atoms with Crippen molar-refractivity contribution >= 4 is 5.90 Å². The Kier molecular flexibility index (Phi) is 4.92. The molecule has 1 aliphatic carbocycles. The Morgan fingerprint density at radius 2 is 1.69 bits per heavy atom. The maximum atomic E-state index is 10.5. The van der Waals surface area contributed by atoms with E-state index in [2.05, 4.69) is 52.8 Å². The summed E-state index contributed by atoms with van der Waals surface area (Å²) in [6.45, 7) is 10.7. The number of nitrogens with zero attached hydrogens (tertiary/aromatic N) is 3. The summed E-state index contributed by atoms with van der Waals surface area (Å²) < 4.78 is 12.6. The molecule has 1 saturated carbocycles. The second kappa shape index (κ2) is 7.06. The van der Waals surface area contributed by atoms with E-state index in [0.717, 1.165) is 12.0 Å². The predicted octanol–water partition coefficient (Wildman–Crippen LogP) is 5.59. The van der Waals surface area contributed by atoms with Crippen LogP contribution in [-0.4, -0.2) is 11.7 Å². The third kappa shape index (κ3) is 2.68. The maximum Gasteiger partial charge on any atom is 0.217 e. The molecule has 1 aromatic carbocycles. The number of nitriles is 3. The lowest BCUT2D eigenvalue weighted by molar-refractivity contribution is -0.301. The molecule has 2 heterocycles. The molecule has 2 bridgehead atoms. The largest absolute Gasteiger partial charge is 0.447 e. The van der Waals surface area contributed by atoms with E-state index in [0.29, 0.717) is 24.3 Å². The summed E-state index contributed by atoms with van der Waals surface area (Å²) in [5.41, 5.74) is -1.78. The first kappa shape index (κ1) is 22.3. The molecule has 0 radical (unpaired) electrons. The van der Waals surface area contributed by atoms with Gasteiger partial charge < -0.3 is 9.47 Å². The van der Waals surface area contributed by atoms with Crippen molar-refractivity contribution in [3.8, 4) is 18.2 Å². The molecule has 2 saturated heterocycles. The summed E-state index contributed by atoms with van der Waals surface area (Å²) in [6, 6.07) is 14.3. The first-order chi connectivity index (χ1) is 15.0. The van der Waals surface area contributed by atoms with Crippen molar-refractivity contribution in [3.63, 3.8) is 0 Å². The van der Waals surface area contributed by atoms with E-state index in [1.165, 1.54) is 0 Å². The first-order valence-electron chi connectivity index (χ1n) is 11.3. The quantitative estimate of drug-likeness (QED) is 0.657. The lowest BCUT2D eigenvalue weighted by Gasteiger charge is -2.54. The Morgan fingerprint density at radius 1 is 1.06 bits per heavy atom. The van der Waals surface area contributed by atoms with Crippen molar-refractivity contribution in [3.05, 3.63) is 35.4 Å². The first-order valence-corrected chi connectivity index (χ1v) is 11.3. The topological polar surface area (TPSA) is 114 Å². The molecule has 2 aliphatic heterocycles. The molecule has 0 amide bonds. The minimum absolute atomic E-state index is 0.00857. The van der Waals surface area contributed by atoms with E-state index in [1.54, 1.807) is 0 Å². The van der Waals surface area contributed by atoms with Crippen molar-refractivity contribution in [2.75, 3.05) is 0 Å². The van der Waals surface area contributed by atoms with Gasteiger partial charge >= 0.3 is 0 Å². The molecule has 0 spiro atoms. The summed E-state index contributed by atoms with van der Waals surface area (Å²) in [5.74, 6) is -1.40. The van der Waals surface area contributed by atoms with Crippen LogP contribution >= 0.6 is 0 Å². The average Bonchev–Trinajstić information content (AvgIpc) is 2.96. The van der Waals surface area contributed by atoms with Gasteiger partial charge in [0, 0.05) is 6.42 Å². The van der Waals surface area contributed by atoms with Crippen LogP contribution in [0, 0.1) is 67.5 Å². The standard InChI is InChI=1S/C26H30N4O2/c1-16(2)17-6-8-18(9-7-17)21-24(13-27,14-28)25(15-29)20-12-19(23(3,4)5)10-11-26(20,31-21)32-22(25)30/h6-9,16,19-21,30H,10-12H2,1-5H3. The number of hydrogen-bond acceptors (Lipinski definition) is 6. The summed E-state index contributed by atoms with van der Waals surface area (Å²) in [4.78, 5) is 0. The Labute approximate surface area is 190 Å². The molecule has 32 heavy (non-hydrogen) atoms. The van der Waals surface area contributed by atoms with Gasteiger partial charge in [0.25, 0.3) is 0 Å². The van der Waals surface area contributed by atoms with Crippen LogP contribution in [0.25, 0.3) is 0 Å². The normalized spacial score (nSPS) is 35.2. The Hall–Kier alpha value is -2.88. The predicted molar refractivity (Wildman–Crippen MR) is 118 cm³/mol. The molecule has 0 aromatic heterocycles.